The van der Waals surface area contributed by atoms with Crippen molar-refractivity contribution in [2.24, 2.45) is 0 Å². The number of halogens is 1. The molecule has 0 saturated carbocycles. The van der Waals surface area contributed by atoms with E-state index in [2.05, 4.69) is 20.6 Å². The average Bonchev–Trinajstić information content (AvgIpc) is 2.90. The third-order valence-corrected chi connectivity index (χ3v) is 4.39. The van der Waals surface area contributed by atoms with E-state index in [-0.39, 0.29) is 5.95 Å². The topological polar surface area (TPSA) is 85.4 Å². The first-order chi connectivity index (χ1) is 14.1. The molecule has 0 radical (unpaired) electrons. The quantitative estimate of drug-likeness (QED) is 0.622. The van der Waals surface area contributed by atoms with Crippen LogP contribution >= 0.6 is 11.6 Å². The largest absolute Gasteiger partial charge is 0.496 e. The van der Waals surface area contributed by atoms with E-state index in [1.165, 1.54) is 0 Å². The van der Waals surface area contributed by atoms with Crippen LogP contribution in [0.2, 0.25) is 0 Å². The van der Waals surface area contributed by atoms with Crippen molar-refractivity contribution in [3.05, 3.63) is 65.0 Å². The molecular weight excluding hydrogens is 392 g/mol. The molecule has 1 aliphatic rings. The molecule has 1 aromatic heterocycles. The summed E-state index contributed by atoms with van der Waals surface area (Å²) < 4.78 is 10.7. The third kappa shape index (κ3) is 5.36. The van der Waals surface area contributed by atoms with Gasteiger partial charge in [0, 0.05) is 23.7 Å². The van der Waals surface area contributed by atoms with E-state index < -0.39 is 0 Å². The first kappa shape index (κ1) is 20.4. The lowest BCUT2D eigenvalue weighted by molar-refractivity contribution is -0.105. The van der Waals surface area contributed by atoms with E-state index in [1.807, 2.05) is 43.3 Å². The Hall–Kier alpha value is -3.32. The summed E-state index contributed by atoms with van der Waals surface area (Å²) in [4.78, 5) is 19.6. The molecule has 2 N–H and O–H groups in total. The first-order valence-corrected chi connectivity index (χ1v) is 9.41. The van der Waals surface area contributed by atoms with Crippen LogP contribution in [-0.2, 0) is 9.53 Å². The first-order valence-electron chi connectivity index (χ1n) is 9.03. The average molecular weight is 413 g/mol. The minimum Gasteiger partial charge on any atom is -0.496 e. The predicted octanol–water partition coefficient (Wildman–Crippen LogP) is 4.46. The molecule has 0 saturated heterocycles. The second-order valence-electron chi connectivity index (χ2n) is 5.98. The monoisotopic (exact) mass is 412 g/mol. The third-order valence-electron chi connectivity index (χ3n) is 4.05. The van der Waals surface area contributed by atoms with Crippen LogP contribution in [0.25, 0.3) is 11.3 Å². The lowest BCUT2D eigenvalue weighted by Gasteiger charge is -2.11. The molecule has 0 unspecified atom stereocenters. The van der Waals surface area contributed by atoms with Gasteiger partial charge in [-0.25, -0.2) is 4.98 Å². The Balaban J connectivity index is 1.88. The van der Waals surface area contributed by atoms with E-state index in [0.717, 1.165) is 17.0 Å². The number of benzene rings is 1. The van der Waals surface area contributed by atoms with Gasteiger partial charge in [-0.1, -0.05) is 17.7 Å². The fraction of sp³-hybridized carbons (Fsp3) is 0.190. The second kappa shape index (κ2) is 9.75. The summed E-state index contributed by atoms with van der Waals surface area (Å²) in [6.45, 7) is 2.53. The van der Waals surface area contributed by atoms with Gasteiger partial charge in [-0.15, -0.1) is 0 Å². The summed E-state index contributed by atoms with van der Waals surface area (Å²) in [6, 6.07) is 9.36. The van der Waals surface area contributed by atoms with E-state index >= 15 is 0 Å². The molecule has 2 aromatic rings. The number of hydrogen-bond donors (Lipinski definition) is 2. The molecule has 0 fully saturated rings. The molecule has 3 rings (SSSR count). The number of hydrogen-bond acceptors (Lipinski definition) is 6. The number of rotatable bonds is 8. The van der Waals surface area contributed by atoms with Gasteiger partial charge in [0.15, 0.2) is 0 Å². The SMILES string of the molecule is CCOc1ccc(-c2cc(NC3=CCC(Cl)=C(OC)C=C3)nc(NC=O)n2)cc1. The maximum Gasteiger partial charge on any atom is 0.231 e. The highest BCUT2D eigenvalue weighted by molar-refractivity contribution is 6.30. The van der Waals surface area contributed by atoms with Gasteiger partial charge in [0.2, 0.25) is 12.4 Å². The van der Waals surface area contributed by atoms with Gasteiger partial charge in [-0.05, 0) is 43.3 Å². The van der Waals surface area contributed by atoms with E-state index in [4.69, 9.17) is 21.1 Å². The Kier molecular flexibility index (Phi) is 6.86. The Morgan fingerprint density at radius 3 is 2.69 bits per heavy atom. The minimum absolute atomic E-state index is 0.195. The highest BCUT2D eigenvalue weighted by atomic mass is 35.5. The van der Waals surface area contributed by atoms with Gasteiger partial charge >= 0.3 is 0 Å². The number of anilines is 2. The zero-order valence-corrected chi connectivity index (χ0v) is 16.9. The van der Waals surface area contributed by atoms with Crippen LogP contribution in [-0.4, -0.2) is 30.1 Å². The fourth-order valence-corrected chi connectivity index (χ4v) is 2.93. The summed E-state index contributed by atoms with van der Waals surface area (Å²) >= 11 is 6.21. The van der Waals surface area contributed by atoms with Crippen molar-refractivity contribution < 1.29 is 14.3 Å². The molecule has 1 heterocycles. The van der Waals surface area contributed by atoms with Crippen LogP contribution in [0.4, 0.5) is 11.8 Å². The maximum atomic E-state index is 10.9. The van der Waals surface area contributed by atoms with Gasteiger partial charge in [-0.2, -0.15) is 4.98 Å². The van der Waals surface area contributed by atoms with Crippen molar-refractivity contribution in [1.29, 1.82) is 0 Å². The van der Waals surface area contributed by atoms with Gasteiger partial charge in [0.05, 0.1) is 24.4 Å². The Bertz CT molecular complexity index is 968. The van der Waals surface area contributed by atoms with Crippen molar-refractivity contribution >= 4 is 29.8 Å². The molecule has 0 atom stereocenters. The molecule has 0 bridgehead atoms. The van der Waals surface area contributed by atoms with E-state index in [1.54, 1.807) is 19.3 Å². The Morgan fingerprint density at radius 2 is 2.00 bits per heavy atom. The van der Waals surface area contributed by atoms with Crippen LogP contribution in [0.1, 0.15) is 13.3 Å². The van der Waals surface area contributed by atoms with Gasteiger partial charge < -0.3 is 14.8 Å². The summed E-state index contributed by atoms with van der Waals surface area (Å²) in [7, 11) is 1.57. The number of ether oxygens (including phenoxy) is 2. The summed E-state index contributed by atoms with van der Waals surface area (Å²) in [6.07, 6.45) is 6.63. The van der Waals surface area contributed by atoms with E-state index in [0.29, 0.717) is 41.7 Å². The number of methoxy groups -OCH3 is 1. The van der Waals surface area contributed by atoms with E-state index in [9.17, 15) is 4.79 Å². The predicted molar refractivity (Wildman–Crippen MR) is 114 cm³/mol. The number of allylic oxidation sites excluding steroid dienone is 4. The van der Waals surface area contributed by atoms with Crippen LogP contribution in [0.3, 0.4) is 0 Å². The van der Waals surface area contributed by atoms with Gasteiger partial charge in [0.25, 0.3) is 0 Å². The van der Waals surface area contributed by atoms with Crippen LogP contribution in [0.5, 0.6) is 5.75 Å². The van der Waals surface area contributed by atoms with Crippen molar-refractivity contribution in [1.82, 2.24) is 9.97 Å². The number of aromatic nitrogens is 2. The van der Waals surface area contributed by atoms with Crippen LogP contribution in [0, 0.1) is 0 Å². The van der Waals surface area contributed by atoms with Crippen LogP contribution < -0.4 is 15.4 Å². The molecule has 7 nitrogen and oxygen atoms in total. The number of carbonyl (C=O) groups is 1. The van der Waals surface area contributed by atoms with Crippen molar-refractivity contribution in [2.75, 3.05) is 24.4 Å². The zero-order valence-electron chi connectivity index (χ0n) is 16.1. The molecule has 0 spiro atoms. The van der Waals surface area contributed by atoms with Crippen molar-refractivity contribution in [3.63, 3.8) is 0 Å². The normalized spacial score (nSPS) is 13.4. The summed E-state index contributed by atoms with van der Waals surface area (Å²) in [5.74, 6) is 2.12. The van der Waals surface area contributed by atoms with Gasteiger partial charge in [0.1, 0.15) is 17.3 Å². The Morgan fingerprint density at radius 1 is 1.21 bits per heavy atom. The lowest BCUT2D eigenvalue weighted by Crippen LogP contribution is -2.06. The fourth-order valence-electron chi connectivity index (χ4n) is 2.71. The molecule has 1 aromatic carbocycles. The standard InChI is InChI=1S/C21H21ClN4O3/c1-3-29-16-8-4-14(5-9-16)18-12-20(26-21(25-18)23-13-27)24-15-6-10-17(22)19(28-2)11-7-15/h4-9,11-13H,3,10H2,1-2H3,(H2,23,24,25,26,27). The molecule has 1 aliphatic carbocycles. The summed E-state index contributed by atoms with van der Waals surface area (Å²) in [5.41, 5.74) is 2.31. The minimum atomic E-state index is 0.195. The molecule has 29 heavy (non-hydrogen) atoms. The highest BCUT2D eigenvalue weighted by Crippen LogP contribution is 2.26. The lowest BCUT2D eigenvalue weighted by atomic mass is 10.1. The maximum absolute atomic E-state index is 10.9. The highest BCUT2D eigenvalue weighted by Gasteiger charge is 2.10. The number of carbonyl (C=O) groups excluding carboxylic acids is 1. The molecular formula is C21H21ClN4O3. The van der Waals surface area contributed by atoms with Crippen molar-refractivity contribution in [3.8, 4) is 17.0 Å². The second-order valence-corrected chi connectivity index (χ2v) is 6.43. The number of nitrogens with zero attached hydrogens (tertiary/aromatic N) is 2. The molecule has 150 valence electrons. The zero-order chi connectivity index (χ0) is 20.6. The number of nitrogens with one attached hydrogen (secondary N) is 2. The molecule has 1 amide bonds. The molecule has 0 aliphatic heterocycles. The smallest absolute Gasteiger partial charge is 0.231 e. The van der Waals surface area contributed by atoms with Gasteiger partial charge in [-0.3, -0.25) is 10.1 Å². The van der Waals surface area contributed by atoms with Crippen LogP contribution in [0.15, 0.2) is 65.0 Å². The summed E-state index contributed by atoms with van der Waals surface area (Å²) in [5, 5.41) is 6.35. The van der Waals surface area contributed by atoms with Crippen molar-refractivity contribution in [2.45, 2.75) is 13.3 Å². The Labute approximate surface area is 174 Å². The molecule has 8 heteroatoms. The number of amides is 1.